The molecule has 0 bridgehead atoms. The van der Waals surface area contributed by atoms with Crippen LogP contribution in [0.1, 0.15) is 29.3 Å². The molecule has 0 radical (unpaired) electrons. The zero-order chi connectivity index (χ0) is 17.3. The van der Waals surface area contributed by atoms with Crippen LogP contribution >= 0.6 is 0 Å². The molecule has 1 aromatic heterocycles. The molecular formula is C19H17FN2O3. The van der Waals surface area contributed by atoms with Crippen molar-refractivity contribution in [3.05, 3.63) is 77.2 Å². The lowest BCUT2D eigenvalue weighted by molar-refractivity contribution is -0.00860. The highest BCUT2D eigenvalue weighted by molar-refractivity contribution is 5.32. The summed E-state index contributed by atoms with van der Waals surface area (Å²) in [6, 6.07) is 13.7. The highest BCUT2D eigenvalue weighted by Gasteiger charge is 2.39. The van der Waals surface area contributed by atoms with Gasteiger partial charge in [-0.3, -0.25) is 0 Å². The van der Waals surface area contributed by atoms with Gasteiger partial charge in [0.25, 0.3) is 5.89 Å². The zero-order valence-corrected chi connectivity index (χ0v) is 13.5. The summed E-state index contributed by atoms with van der Waals surface area (Å²) < 4.78 is 23.7. The minimum absolute atomic E-state index is 0.0851. The molecule has 0 amide bonds. The van der Waals surface area contributed by atoms with Crippen LogP contribution in [0.2, 0.25) is 0 Å². The molecule has 0 fully saturated rings. The average Bonchev–Trinajstić information content (AvgIpc) is 3.11. The first kappa shape index (κ1) is 15.8. The molecule has 1 unspecified atom stereocenters. The molecule has 25 heavy (non-hydrogen) atoms. The van der Waals surface area contributed by atoms with Gasteiger partial charge in [-0.25, -0.2) is 4.39 Å². The maximum Gasteiger partial charge on any atom is 0.259 e. The first-order chi connectivity index (χ1) is 12.1. The maximum atomic E-state index is 12.9. The van der Waals surface area contributed by atoms with Gasteiger partial charge in [0.1, 0.15) is 17.2 Å². The Balaban J connectivity index is 1.46. The largest absolute Gasteiger partial charge is 0.485 e. The molecule has 5 nitrogen and oxygen atoms in total. The minimum atomic E-state index is -1.16. The van der Waals surface area contributed by atoms with Gasteiger partial charge < -0.3 is 14.4 Å². The number of rotatable bonds is 4. The topological polar surface area (TPSA) is 68.4 Å². The van der Waals surface area contributed by atoms with E-state index in [1.807, 2.05) is 18.2 Å². The summed E-state index contributed by atoms with van der Waals surface area (Å²) in [5, 5.41) is 14.8. The minimum Gasteiger partial charge on any atom is -0.485 e. The van der Waals surface area contributed by atoms with E-state index in [2.05, 4.69) is 16.2 Å². The number of aromatic nitrogens is 2. The molecule has 3 aromatic rings. The maximum absolute atomic E-state index is 12.9. The zero-order valence-electron chi connectivity index (χ0n) is 13.5. The second-order valence-electron chi connectivity index (χ2n) is 6.24. The first-order valence-electron chi connectivity index (χ1n) is 8.13. The number of halogens is 1. The number of hydrogen-bond donors (Lipinski definition) is 1. The van der Waals surface area contributed by atoms with Crippen LogP contribution in [0, 0.1) is 5.82 Å². The van der Waals surface area contributed by atoms with Crippen molar-refractivity contribution in [3.63, 3.8) is 0 Å². The summed E-state index contributed by atoms with van der Waals surface area (Å²) >= 11 is 0. The third-order valence-electron chi connectivity index (χ3n) is 4.46. The third-order valence-corrected chi connectivity index (χ3v) is 4.46. The number of fused-ring (bicyclic) bond motifs is 1. The van der Waals surface area contributed by atoms with Crippen LogP contribution in [0.4, 0.5) is 4.39 Å². The van der Waals surface area contributed by atoms with Gasteiger partial charge in [0, 0.05) is 6.42 Å². The Labute approximate surface area is 144 Å². The smallest absolute Gasteiger partial charge is 0.259 e. The molecule has 1 atom stereocenters. The molecule has 0 saturated carbocycles. The predicted molar refractivity (Wildman–Crippen MR) is 87.4 cm³/mol. The number of benzene rings is 2. The average molecular weight is 340 g/mol. The quantitative estimate of drug-likeness (QED) is 0.790. The fourth-order valence-corrected chi connectivity index (χ4v) is 3.08. The van der Waals surface area contributed by atoms with E-state index in [-0.39, 0.29) is 18.3 Å². The molecule has 1 N–H and O–H groups in total. The summed E-state index contributed by atoms with van der Waals surface area (Å²) in [6.45, 7) is 0.0851. The van der Waals surface area contributed by atoms with Crippen molar-refractivity contribution in [1.29, 1.82) is 0 Å². The molecule has 1 aliphatic rings. The Morgan fingerprint density at radius 1 is 1.12 bits per heavy atom. The molecule has 6 heteroatoms. The second kappa shape index (κ2) is 6.29. The summed E-state index contributed by atoms with van der Waals surface area (Å²) in [7, 11) is 0. The standard InChI is InChI=1S/C19H17FN2O3/c20-15-5-7-16(8-6-15)24-12-17-21-18(25-22-17)19(23)10-9-13-3-1-2-4-14(13)11-19/h1-8,23H,9-12H2. The van der Waals surface area contributed by atoms with Crippen LogP contribution in [0.3, 0.4) is 0 Å². The normalized spacial score (nSPS) is 19.4. The number of nitrogens with zero attached hydrogens (tertiary/aromatic N) is 2. The Morgan fingerprint density at radius 3 is 2.68 bits per heavy atom. The fourth-order valence-electron chi connectivity index (χ4n) is 3.08. The van der Waals surface area contributed by atoms with E-state index in [1.54, 1.807) is 0 Å². The number of ether oxygens (including phenoxy) is 1. The van der Waals surface area contributed by atoms with Crippen molar-refractivity contribution in [2.75, 3.05) is 0 Å². The lowest BCUT2D eigenvalue weighted by Crippen LogP contribution is -2.33. The molecule has 0 aliphatic heterocycles. The summed E-state index contributed by atoms with van der Waals surface area (Å²) in [4.78, 5) is 4.28. The molecule has 4 rings (SSSR count). The Kier molecular flexibility index (Phi) is 3.97. The van der Waals surface area contributed by atoms with E-state index >= 15 is 0 Å². The van der Waals surface area contributed by atoms with Gasteiger partial charge in [-0.1, -0.05) is 29.4 Å². The molecule has 2 aromatic carbocycles. The van der Waals surface area contributed by atoms with Crippen molar-refractivity contribution in [1.82, 2.24) is 10.1 Å². The van der Waals surface area contributed by atoms with Crippen LogP contribution in [0.15, 0.2) is 53.1 Å². The molecular weight excluding hydrogens is 323 g/mol. The first-order valence-corrected chi connectivity index (χ1v) is 8.13. The van der Waals surface area contributed by atoms with E-state index in [1.165, 1.54) is 29.8 Å². The van der Waals surface area contributed by atoms with Crippen molar-refractivity contribution in [2.45, 2.75) is 31.5 Å². The monoisotopic (exact) mass is 340 g/mol. The van der Waals surface area contributed by atoms with Gasteiger partial charge in [0.15, 0.2) is 6.61 Å². The van der Waals surface area contributed by atoms with Gasteiger partial charge in [0.05, 0.1) is 0 Å². The van der Waals surface area contributed by atoms with Gasteiger partial charge in [0.2, 0.25) is 5.82 Å². The van der Waals surface area contributed by atoms with Crippen molar-refractivity contribution < 1.29 is 18.8 Å². The van der Waals surface area contributed by atoms with Gasteiger partial charge >= 0.3 is 0 Å². The van der Waals surface area contributed by atoms with Crippen LogP contribution in [-0.4, -0.2) is 15.2 Å². The van der Waals surface area contributed by atoms with E-state index in [0.29, 0.717) is 24.4 Å². The molecule has 0 spiro atoms. The van der Waals surface area contributed by atoms with Gasteiger partial charge in [-0.05, 0) is 48.2 Å². The predicted octanol–water partition coefficient (Wildman–Crippen LogP) is 3.16. The number of aryl methyl sites for hydroxylation is 1. The van der Waals surface area contributed by atoms with E-state index in [4.69, 9.17) is 9.26 Å². The molecule has 1 heterocycles. The second-order valence-corrected chi connectivity index (χ2v) is 6.24. The lowest BCUT2D eigenvalue weighted by atomic mass is 9.80. The highest BCUT2D eigenvalue weighted by atomic mass is 19.1. The summed E-state index contributed by atoms with van der Waals surface area (Å²) in [6.07, 6.45) is 1.74. The lowest BCUT2D eigenvalue weighted by Gasteiger charge is -2.30. The van der Waals surface area contributed by atoms with Crippen LogP contribution in [0.5, 0.6) is 5.75 Å². The number of hydrogen-bond acceptors (Lipinski definition) is 5. The van der Waals surface area contributed by atoms with Crippen molar-refractivity contribution in [2.24, 2.45) is 0 Å². The molecule has 0 saturated heterocycles. The van der Waals surface area contributed by atoms with E-state index in [0.717, 1.165) is 12.0 Å². The molecule has 128 valence electrons. The van der Waals surface area contributed by atoms with Gasteiger partial charge in [-0.2, -0.15) is 4.98 Å². The van der Waals surface area contributed by atoms with Crippen molar-refractivity contribution in [3.8, 4) is 5.75 Å². The van der Waals surface area contributed by atoms with Gasteiger partial charge in [-0.15, -0.1) is 0 Å². The fraction of sp³-hybridized carbons (Fsp3) is 0.263. The van der Waals surface area contributed by atoms with Crippen LogP contribution < -0.4 is 4.74 Å². The third kappa shape index (κ3) is 3.25. The number of aliphatic hydroxyl groups is 1. The van der Waals surface area contributed by atoms with E-state index < -0.39 is 5.60 Å². The Bertz CT molecular complexity index is 878. The van der Waals surface area contributed by atoms with Crippen molar-refractivity contribution >= 4 is 0 Å². The summed E-state index contributed by atoms with van der Waals surface area (Å²) in [5.41, 5.74) is 1.18. The Morgan fingerprint density at radius 2 is 1.88 bits per heavy atom. The SMILES string of the molecule is OC1(c2nc(COc3ccc(F)cc3)no2)CCc2ccccc2C1. The van der Waals surface area contributed by atoms with E-state index in [9.17, 15) is 9.50 Å². The Hall–Kier alpha value is -2.73. The highest BCUT2D eigenvalue weighted by Crippen LogP contribution is 2.35. The molecule has 1 aliphatic carbocycles. The van der Waals surface area contributed by atoms with Crippen LogP contribution in [-0.2, 0) is 25.0 Å². The summed E-state index contributed by atoms with van der Waals surface area (Å²) in [5.74, 6) is 0.735. The van der Waals surface area contributed by atoms with Crippen LogP contribution in [0.25, 0.3) is 0 Å².